The molecule has 2 aliphatic heterocycles. The van der Waals surface area contributed by atoms with Crippen molar-refractivity contribution in [3.05, 3.63) is 29.8 Å². The molecule has 1 aromatic rings. The summed E-state index contributed by atoms with van der Waals surface area (Å²) >= 11 is 0. The van der Waals surface area contributed by atoms with Gasteiger partial charge in [-0.3, -0.25) is 0 Å². The van der Waals surface area contributed by atoms with E-state index < -0.39 is 0 Å². The maximum Gasteiger partial charge on any atom is 0.317 e. The second kappa shape index (κ2) is 9.95. The Labute approximate surface area is 162 Å². The maximum absolute atomic E-state index is 12.8. The number of nitrogens with one attached hydrogen (secondary N) is 1. The third-order valence-electron chi connectivity index (χ3n) is 5.73. The molecule has 2 N–H and O–H groups in total. The molecule has 2 fully saturated rings. The van der Waals surface area contributed by atoms with Gasteiger partial charge in [-0.15, -0.1) is 0 Å². The van der Waals surface area contributed by atoms with E-state index in [2.05, 4.69) is 16.3 Å². The van der Waals surface area contributed by atoms with E-state index in [0.717, 1.165) is 76.0 Å². The number of likely N-dealkylation sites (tertiary alicyclic amines) is 2. The summed E-state index contributed by atoms with van der Waals surface area (Å²) in [5.74, 6) is 0.838. The van der Waals surface area contributed by atoms with Gasteiger partial charge in [-0.2, -0.15) is 0 Å². The van der Waals surface area contributed by atoms with Gasteiger partial charge < -0.3 is 25.0 Å². The zero-order valence-corrected chi connectivity index (χ0v) is 16.4. The molecule has 2 saturated heterocycles. The van der Waals surface area contributed by atoms with E-state index in [1.165, 1.54) is 0 Å². The molecule has 0 aromatic heterocycles. The summed E-state index contributed by atoms with van der Waals surface area (Å²) < 4.78 is 5.35. The summed E-state index contributed by atoms with van der Waals surface area (Å²) in [6.07, 6.45) is 5.74. The van der Waals surface area contributed by atoms with E-state index in [1.807, 2.05) is 23.1 Å². The highest BCUT2D eigenvalue weighted by molar-refractivity contribution is 5.74. The minimum absolute atomic E-state index is 0.0385. The lowest BCUT2D eigenvalue weighted by Crippen LogP contribution is -2.45. The number of carbonyl (C=O) groups excluding carboxylic acids is 1. The fraction of sp³-hybridized carbons (Fsp3) is 0.667. The number of benzene rings is 1. The second-order valence-electron chi connectivity index (χ2n) is 7.64. The van der Waals surface area contributed by atoms with Crippen LogP contribution in [0.3, 0.4) is 0 Å². The maximum atomic E-state index is 12.8. The van der Waals surface area contributed by atoms with Crippen molar-refractivity contribution in [3.63, 3.8) is 0 Å². The molecule has 1 aromatic carbocycles. The molecular weight excluding hydrogens is 342 g/mol. The van der Waals surface area contributed by atoms with Crippen molar-refractivity contribution in [1.82, 2.24) is 15.1 Å². The van der Waals surface area contributed by atoms with Crippen LogP contribution in [0.25, 0.3) is 0 Å². The van der Waals surface area contributed by atoms with E-state index >= 15 is 0 Å². The first-order valence-corrected chi connectivity index (χ1v) is 10.3. The van der Waals surface area contributed by atoms with Gasteiger partial charge in [-0.05, 0) is 62.8 Å². The van der Waals surface area contributed by atoms with Crippen LogP contribution in [-0.2, 0) is 0 Å². The van der Waals surface area contributed by atoms with Crippen molar-refractivity contribution in [1.29, 1.82) is 0 Å². The molecule has 1 unspecified atom stereocenters. The SMILES string of the molecule is COc1cccc(C2CCCCN2C(=O)NCCCN2CCC(O)CC2)c1. The third kappa shape index (κ3) is 5.59. The first kappa shape index (κ1) is 20.0. The van der Waals surface area contributed by atoms with Crippen LogP contribution in [0.15, 0.2) is 24.3 Å². The molecule has 2 heterocycles. The van der Waals surface area contributed by atoms with Crippen LogP contribution in [0.2, 0.25) is 0 Å². The van der Waals surface area contributed by atoms with Crippen LogP contribution >= 0.6 is 0 Å². The summed E-state index contributed by atoms with van der Waals surface area (Å²) in [7, 11) is 1.67. The Hall–Kier alpha value is -1.79. The molecule has 0 radical (unpaired) electrons. The molecule has 3 rings (SSSR count). The number of hydrogen-bond acceptors (Lipinski definition) is 4. The van der Waals surface area contributed by atoms with Crippen LogP contribution in [0.1, 0.15) is 50.1 Å². The van der Waals surface area contributed by atoms with Crippen molar-refractivity contribution in [2.24, 2.45) is 0 Å². The van der Waals surface area contributed by atoms with E-state index in [-0.39, 0.29) is 18.2 Å². The summed E-state index contributed by atoms with van der Waals surface area (Å²) in [5, 5.41) is 12.7. The van der Waals surface area contributed by atoms with Crippen molar-refractivity contribution < 1.29 is 14.6 Å². The van der Waals surface area contributed by atoms with Crippen LogP contribution in [0.5, 0.6) is 5.75 Å². The highest BCUT2D eigenvalue weighted by Gasteiger charge is 2.28. The van der Waals surface area contributed by atoms with Gasteiger partial charge in [0.25, 0.3) is 0 Å². The van der Waals surface area contributed by atoms with Crippen molar-refractivity contribution in [2.45, 2.75) is 50.7 Å². The molecule has 0 saturated carbocycles. The average molecular weight is 376 g/mol. The molecule has 6 nitrogen and oxygen atoms in total. The second-order valence-corrected chi connectivity index (χ2v) is 7.64. The minimum atomic E-state index is -0.131. The van der Waals surface area contributed by atoms with E-state index in [4.69, 9.17) is 4.74 Å². The summed E-state index contributed by atoms with van der Waals surface area (Å²) in [5.41, 5.74) is 1.15. The largest absolute Gasteiger partial charge is 0.497 e. The Balaban J connectivity index is 1.48. The molecule has 2 aliphatic rings. The molecule has 1 atom stereocenters. The Bertz CT molecular complexity index is 602. The monoisotopic (exact) mass is 375 g/mol. The number of aliphatic hydroxyl groups excluding tert-OH is 1. The van der Waals surface area contributed by atoms with Gasteiger partial charge in [-0.1, -0.05) is 12.1 Å². The van der Waals surface area contributed by atoms with Gasteiger partial charge >= 0.3 is 6.03 Å². The lowest BCUT2D eigenvalue weighted by atomic mass is 9.95. The fourth-order valence-electron chi connectivity index (χ4n) is 4.11. The summed E-state index contributed by atoms with van der Waals surface area (Å²) in [6, 6.07) is 8.23. The van der Waals surface area contributed by atoms with Crippen molar-refractivity contribution in [2.75, 3.05) is 39.8 Å². The summed E-state index contributed by atoms with van der Waals surface area (Å²) in [4.78, 5) is 17.1. The quantitative estimate of drug-likeness (QED) is 0.751. The van der Waals surface area contributed by atoms with Gasteiger partial charge in [0.05, 0.1) is 19.3 Å². The Kier molecular flexibility index (Phi) is 7.35. The normalized spacial score (nSPS) is 21.9. The Morgan fingerprint density at radius 2 is 2.04 bits per heavy atom. The molecule has 2 amide bonds. The molecule has 27 heavy (non-hydrogen) atoms. The standard InChI is InChI=1S/C21H33N3O3/c1-27-19-7-4-6-17(16-19)20-8-2-3-13-24(20)21(26)22-11-5-12-23-14-9-18(25)10-15-23/h4,6-7,16,18,20,25H,2-3,5,8-15H2,1H3,(H,22,26). The van der Waals surface area contributed by atoms with Gasteiger partial charge in [0.2, 0.25) is 0 Å². The van der Waals surface area contributed by atoms with Crippen LogP contribution in [0.4, 0.5) is 4.79 Å². The predicted octanol–water partition coefficient (Wildman–Crippen LogP) is 2.78. The van der Waals surface area contributed by atoms with Gasteiger partial charge in [0.15, 0.2) is 0 Å². The number of aliphatic hydroxyl groups is 1. The number of nitrogens with zero attached hydrogens (tertiary/aromatic N) is 2. The first-order chi connectivity index (χ1) is 13.2. The van der Waals surface area contributed by atoms with Crippen LogP contribution < -0.4 is 10.1 Å². The zero-order chi connectivity index (χ0) is 19.1. The molecule has 6 heteroatoms. The molecule has 0 bridgehead atoms. The number of piperidine rings is 2. The van der Waals surface area contributed by atoms with Crippen LogP contribution in [-0.4, -0.2) is 66.9 Å². The smallest absolute Gasteiger partial charge is 0.317 e. The predicted molar refractivity (Wildman–Crippen MR) is 106 cm³/mol. The van der Waals surface area contributed by atoms with E-state index in [0.29, 0.717) is 6.54 Å². The number of carbonyl (C=O) groups is 1. The lowest BCUT2D eigenvalue weighted by Gasteiger charge is -2.36. The number of rotatable bonds is 6. The van der Waals surface area contributed by atoms with E-state index in [9.17, 15) is 9.90 Å². The molecule has 0 aliphatic carbocycles. The first-order valence-electron chi connectivity index (χ1n) is 10.3. The third-order valence-corrected chi connectivity index (χ3v) is 5.73. The Morgan fingerprint density at radius 3 is 2.81 bits per heavy atom. The minimum Gasteiger partial charge on any atom is -0.497 e. The molecular formula is C21H33N3O3. The highest BCUT2D eigenvalue weighted by Crippen LogP contribution is 2.32. The topological polar surface area (TPSA) is 65.0 Å². The fourth-order valence-corrected chi connectivity index (χ4v) is 4.11. The van der Waals surface area contributed by atoms with Gasteiger partial charge in [-0.25, -0.2) is 4.79 Å². The Morgan fingerprint density at radius 1 is 1.22 bits per heavy atom. The van der Waals surface area contributed by atoms with Crippen LogP contribution in [0, 0.1) is 0 Å². The molecule has 150 valence electrons. The zero-order valence-electron chi connectivity index (χ0n) is 16.4. The molecule has 0 spiro atoms. The van der Waals surface area contributed by atoms with Gasteiger partial charge in [0.1, 0.15) is 5.75 Å². The number of ether oxygens (including phenoxy) is 1. The average Bonchev–Trinajstić information content (AvgIpc) is 2.72. The number of urea groups is 1. The highest BCUT2D eigenvalue weighted by atomic mass is 16.5. The number of hydrogen-bond donors (Lipinski definition) is 2. The number of methoxy groups -OCH3 is 1. The lowest BCUT2D eigenvalue weighted by molar-refractivity contribution is 0.0820. The van der Waals surface area contributed by atoms with Crippen molar-refractivity contribution in [3.8, 4) is 5.75 Å². The number of amides is 2. The van der Waals surface area contributed by atoms with Gasteiger partial charge in [0, 0.05) is 26.2 Å². The van der Waals surface area contributed by atoms with Crippen molar-refractivity contribution >= 4 is 6.03 Å². The van der Waals surface area contributed by atoms with E-state index in [1.54, 1.807) is 7.11 Å². The summed E-state index contributed by atoms with van der Waals surface area (Å²) in [6.45, 7) is 4.39.